The summed E-state index contributed by atoms with van der Waals surface area (Å²) in [6.07, 6.45) is 6.96. The fourth-order valence-corrected chi connectivity index (χ4v) is 5.07. The van der Waals surface area contributed by atoms with Gasteiger partial charge in [-0.3, -0.25) is 0 Å². The van der Waals surface area contributed by atoms with Crippen molar-refractivity contribution in [2.45, 2.75) is 69.3 Å². The molecule has 1 saturated carbocycles. The normalized spacial score (nSPS) is 35.6. The Balaban J connectivity index is 2.01. The maximum Gasteiger partial charge on any atom is 0.279 e. The quantitative estimate of drug-likeness (QED) is 0.812. The van der Waals surface area contributed by atoms with Gasteiger partial charge < -0.3 is 0 Å². The maximum atomic E-state index is 12.4. The highest BCUT2D eigenvalue weighted by Crippen LogP contribution is 2.25. The van der Waals surface area contributed by atoms with Crippen molar-refractivity contribution >= 4 is 21.8 Å². The topological polar surface area (TPSA) is 49.4 Å². The van der Waals surface area contributed by atoms with Gasteiger partial charge in [-0.1, -0.05) is 19.3 Å². The summed E-state index contributed by atoms with van der Waals surface area (Å²) in [6, 6.07) is 0.00755. The molecule has 6 heteroatoms. The molecule has 106 valence electrons. The van der Waals surface area contributed by atoms with Crippen LogP contribution in [-0.4, -0.2) is 36.7 Å². The van der Waals surface area contributed by atoms with Gasteiger partial charge in [0, 0.05) is 24.0 Å². The second-order valence-electron chi connectivity index (χ2n) is 5.49. The third kappa shape index (κ3) is 3.38. The number of hydrogen-bond acceptors (Lipinski definition) is 2. The van der Waals surface area contributed by atoms with Gasteiger partial charge in [-0.05, 0) is 32.6 Å². The zero-order valence-corrected chi connectivity index (χ0v) is 12.5. The number of rotatable bonds is 3. The van der Waals surface area contributed by atoms with Gasteiger partial charge in [-0.25, -0.2) is 0 Å². The van der Waals surface area contributed by atoms with Crippen molar-refractivity contribution in [3.8, 4) is 0 Å². The van der Waals surface area contributed by atoms with Crippen LogP contribution in [0, 0.1) is 0 Å². The van der Waals surface area contributed by atoms with Crippen LogP contribution in [0.15, 0.2) is 0 Å². The lowest BCUT2D eigenvalue weighted by molar-refractivity contribution is 0.261. The Morgan fingerprint density at radius 1 is 1.11 bits per heavy atom. The van der Waals surface area contributed by atoms with Crippen molar-refractivity contribution in [1.29, 1.82) is 0 Å². The molecule has 0 aromatic rings. The summed E-state index contributed by atoms with van der Waals surface area (Å²) < 4.78 is 29.1. The first-order chi connectivity index (χ1) is 8.50. The highest BCUT2D eigenvalue weighted by molar-refractivity contribution is 7.87. The van der Waals surface area contributed by atoms with Gasteiger partial charge in [0.05, 0.1) is 0 Å². The second kappa shape index (κ2) is 6.07. The summed E-state index contributed by atoms with van der Waals surface area (Å²) >= 11 is 6.22. The maximum absolute atomic E-state index is 12.4. The van der Waals surface area contributed by atoms with E-state index in [9.17, 15) is 8.42 Å². The Labute approximate surface area is 115 Å². The van der Waals surface area contributed by atoms with E-state index in [4.69, 9.17) is 11.6 Å². The van der Waals surface area contributed by atoms with Crippen molar-refractivity contribution in [3.63, 3.8) is 0 Å². The van der Waals surface area contributed by atoms with Gasteiger partial charge in [0.15, 0.2) is 0 Å². The summed E-state index contributed by atoms with van der Waals surface area (Å²) in [5, 5.41) is -0.0615. The van der Waals surface area contributed by atoms with E-state index in [1.54, 1.807) is 4.31 Å². The predicted molar refractivity (Wildman–Crippen MR) is 74.0 cm³/mol. The summed E-state index contributed by atoms with van der Waals surface area (Å²) in [5.41, 5.74) is 0. The zero-order chi connectivity index (χ0) is 13.2. The minimum absolute atomic E-state index is 0.0615. The lowest BCUT2D eigenvalue weighted by Gasteiger charge is -2.35. The molecule has 2 fully saturated rings. The van der Waals surface area contributed by atoms with Crippen molar-refractivity contribution in [2.75, 3.05) is 6.54 Å². The molecule has 1 aliphatic heterocycles. The first-order valence-corrected chi connectivity index (χ1v) is 8.81. The molecule has 0 radical (unpaired) electrons. The lowest BCUT2D eigenvalue weighted by Crippen LogP contribution is -2.53. The van der Waals surface area contributed by atoms with E-state index in [0.717, 1.165) is 44.9 Å². The van der Waals surface area contributed by atoms with E-state index in [1.165, 1.54) is 0 Å². The largest absolute Gasteiger partial charge is 0.279 e. The Hall–Kier alpha value is 0.160. The smallest absolute Gasteiger partial charge is 0.198 e. The molecule has 1 N–H and O–H groups in total. The van der Waals surface area contributed by atoms with Crippen LogP contribution in [0.4, 0.5) is 0 Å². The Morgan fingerprint density at radius 3 is 2.44 bits per heavy atom. The number of nitrogens with zero attached hydrogens (tertiary/aromatic N) is 1. The van der Waals surface area contributed by atoms with Gasteiger partial charge in [0.25, 0.3) is 10.2 Å². The van der Waals surface area contributed by atoms with Crippen LogP contribution in [0.5, 0.6) is 0 Å². The Kier molecular flexibility index (Phi) is 4.92. The number of hydrogen-bond donors (Lipinski definition) is 1. The average molecular weight is 295 g/mol. The highest BCUT2D eigenvalue weighted by atomic mass is 35.5. The fraction of sp³-hybridized carbons (Fsp3) is 1.00. The molecular weight excluding hydrogens is 272 g/mol. The fourth-order valence-electron chi connectivity index (χ4n) is 2.91. The molecule has 4 nitrogen and oxygen atoms in total. The molecule has 2 rings (SSSR count). The first kappa shape index (κ1) is 14.6. The van der Waals surface area contributed by atoms with E-state index < -0.39 is 10.2 Å². The van der Waals surface area contributed by atoms with Gasteiger partial charge in [0.2, 0.25) is 0 Å². The molecule has 0 spiro atoms. The van der Waals surface area contributed by atoms with Crippen molar-refractivity contribution < 1.29 is 8.42 Å². The van der Waals surface area contributed by atoms with Crippen LogP contribution in [0.1, 0.15) is 51.9 Å². The van der Waals surface area contributed by atoms with E-state index in [-0.39, 0.29) is 17.5 Å². The summed E-state index contributed by atoms with van der Waals surface area (Å²) in [7, 11) is -3.37. The molecule has 2 aliphatic rings. The van der Waals surface area contributed by atoms with Crippen LogP contribution in [0.3, 0.4) is 0 Å². The molecule has 3 atom stereocenters. The van der Waals surface area contributed by atoms with Gasteiger partial charge >= 0.3 is 0 Å². The standard InChI is InChI=1S/C12H23ClN2O2S/c1-10-6-4-5-9-15(10)18(16,17)14-12-8-3-2-7-11(12)13/h10-12,14H,2-9H2,1H3. The SMILES string of the molecule is CC1CCCCN1S(=O)(=O)NC1CCCCC1Cl. The van der Waals surface area contributed by atoms with E-state index in [2.05, 4.69) is 4.72 Å². The third-order valence-corrected chi connectivity index (χ3v) is 6.32. The third-order valence-electron chi connectivity index (χ3n) is 4.03. The molecule has 1 heterocycles. The number of piperidine rings is 1. The molecule has 0 bridgehead atoms. The minimum Gasteiger partial charge on any atom is -0.198 e. The number of nitrogens with one attached hydrogen (secondary N) is 1. The van der Waals surface area contributed by atoms with E-state index in [1.807, 2.05) is 6.92 Å². The second-order valence-corrected chi connectivity index (χ2v) is 7.70. The van der Waals surface area contributed by atoms with Crippen LogP contribution in [0.2, 0.25) is 0 Å². The van der Waals surface area contributed by atoms with Crippen molar-refractivity contribution in [2.24, 2.45) is 0 Å². The highest BCUT2D eigenvalue weighted by Gasteiger charge is 2.33. The summed E-state index contributed by atoms with van der Waals surface area (Å²) in [5.74, 6) is 0. The predicted octanol–water partition coefficient (Wildman–Crippen LogP) is 2.25. The monoisotopic (exact) mass is 294 g/mol. The van der Waals surface area contributed by atoms with Crippen LogP contribution in [0.25, 0.3) is 0 Å². The number of alkyl halides is 1. The molecule has 3 unspecified atom stereocenters. The van der Waals surface area contributed by atoms with Crippen molar-refractivity contribution in [3.05, 3.63) is 0 Å². The Bertz CT molecular complexity index is 374. The molecule has 0 aromatic carbocycles. The van der Waals surface area contributed by atoms with E-state index >= 15 is 0 Å². The van der Waals surface area contributed by atoms with Gasteiger partial charge in [-0.2, -0.15) is 17.4 Å². The summed E-state index contributed by atoms with van der Waals surface area (Å²) in [6.45, 7) is 2.62. The summed E-state index contributed by atoms with van der Waals surface area (Å²) in [4.78, 5) is 0. The molecule has 1 saturated heterocycles. The molecule has 0 aromatic heterocycles. The first-order valence-electron chi connectivity index (χ1n) is 6.94. The lowest BCUT2D eigenvalue weighted by atomic mass is 9.96. The average Bonchev–Trinajstić information content (AvgIpc) is 2.32. The van der Waals surface area contributed by atoms with Crippen LogP contribution < -0.4 is 4.72 Å². The van der Waals surface area contributed by atoms with Gasteiger partial charge in [-0.15, -0.1) is 11.6 Å². The molecule has 18 heavy (non-hydrogen) atoms. The number of halogens is 1. The Morgan fingerprint density at radius 2 is 1.78 bits per heavy atom. The molecule has 0 amide bonds. The zero-order valence-electron chi connectivity index (χ0n) is 10.9. The molecular formula is C12H23ClN2O2S. The van der Waals surface area contributed by atoms with Gasteiger partial charge in [0.1, 0.15) is 0 Å². The van der Waals surface area contributed by atoms with Crippen LogP contribution in [-0.2, 0) is 10.2 Å². The van der Waals surface area contributed by atoms with E-state index in [0.29, 0.717) is 6.54 Å². The van der Waals surface area contributed by atoms with Crippen molar-refractivity contribution in [1.82, 2.24) is 9.03 Å². The van der Waals surface area contributed by atoms with Crippen LogP contribution >= 0.6 is 11.6 Å². The molecule has 1 aliphatic carbocycles. The minimum atomic E-state index is -3.37.